The van der Waals surface area contributed by atoms with Crippen molar-refractivity contribution < 1.29 is 13.3 Å². The Kier molecular flexibility index (Phi) is 6.75. The lowest BCUT2D eigenvalue weighted by molar-refractivity contribution is 0.169. The molecule has 2 aromatic rings. The fourth-order valence-corrected chi connectivity index (χ4v) is 3.14. The quantitative estimate of drug-likeness (QED) is 0.618. The number of rotatable bonds is 6. The summed E-state index contributed by atoms with van der Waals surface area (Å²) in [6.45, 7) is 7.29. The van der Waals surface area contributed by atoms with Gasteiger partial charge in [-0.05, 0) is 25.5 Å². The van der Waals surface area contributed by atoms with Crippen molar-refractivity contribution in [3.63, 3.8) is 0 Å². The summed E-state index contributed by atoms with van der Waals surface area (Å²) in [7, 11) is 0. The smallest absolute Gasteiger partial charge is 0.194 e. The van der Waals surface area contributed by atoms with Gasteiger partial charge in [0.1, 0.15) is 17.9 Å². The fraction of sp³-hybridized carbons (Fsp3) is 0.474. The summed E-state index contributed by atoms with van der Waals surface area (Å²) in [5, 5.41) is 7.22. The fourth-order valence-electron chi connectivity index (χ4n) is 3.14. The van der Waals surface area contributed by atoms with Gasteiger partial charge >= 0.3 is 0 Å². The number of hydrogen-bond donors (Lipinski definition) is 1. The lowest BCUT2D eigenvalue weighted by Gasteiger charge is -2.36. The molecule has 2 heterocycles. The van der Waals surface area contributed by atoms with Gasteiger partial charge in [0.2, 0.25) is 0 Å². The highest BCUT2D eigenvalue weighted by molar-refractivity contribution is 5.80. The molecule has 0 bridgehead atoms. The Bertz CT molecular complexity index is 722. The standard InChI is InChI=1S/C19H25F2N5O/c1-2-22-19(23-8-6-16-17(20)4-3-5-18(16)21)26-11-9-25(10-12-26)14-15-7-13-27-24-15/h3-5,7,13H,2,6,8-12,14H2,1H3,(H,22,23). The molecule has 1 aliphatic rings. The molecule has 0 aliphatic carbocycles. The van der Waals surface area contributed by atoms with Crippen LogP contribution in [0.2, 0.25) is 0 Å². The van der Waals surface area contributed by atoms with Crippen molar-refractivity contribution in [2.24, 2.45) is 4.99 Å². The highest BCUT2D eigenvalue weighted by Gasteiger charge is 2.20. The SMILES string of the molecule is CCNC(=NCCc1c(F)cccc1F)N1CCN(Cc2ccon2)CC1. The second-order valence-electron chi connectivity index (χ2n) is 6.44. The molecule has 27 heavy (non-hydrogen) atoms. The van der Waals surface area contributed by atoms with Crippen molar-refractivity contribution in [1.29, 1.82) is 0 Å². The monoisotopic (exact) mass is 377 g/mol. The molecule has 0 radical (unpaired) electrons. The predicted octanol–water partition coefficient (Wildman–Crippen LogP) is 2.28. The highest BCUT2D eigenvalue weighted by atomic mass is 19.1. The molecule has 0 saturated carbocycles. The van der Waals surface area contributed by atoms with Crippen LogP contribution in [0.4, 0.5) is 8.78 Å². The molecular weight excluding hydrogens is 352 g/mol. The molecule has 0 unspecified atom stereocenters. The van der Waals surface area contributed by atoms with Gasteiger partial charge in [0.15, 0.2) is 5.96 Å². The second kappa shape index (κ2) is 9.45. The van der Waals surface area contributed by atoms with Crippen molar-refractivity contribution in [2.75, 3.05) is 39.3 Å². The van der Waals surface area contributed by atoms with Gasteiger partial charge < -0.3 is 14.7 Å². The summed E-state index contributed by atoms with van der Waals surface area (Å²) in [5.41, 5.74) is 1.02. The van der Waals surface area contributed by atoms with Crippen LogP contribution >= 0.6 is 0 Å². The first-order valence-electron chi connectivity index (χ1n) is 9.25. The van der Waals surface area contributed by atoms with Crippen LogP contribution in [-0.4, -0.2) is 60.2 Å². The minimum absolute atomic E-state index is 0.0922. The average molecular weight is 377 g/mol. The van der Waals surface area contributed by atoms with E-state index in [2.05, 4.69) is 25.3 Å². The number of nitrogens with zero attached hydrogens (tertiary/aromatic N) is 4. The maximum absolute atomic E-state index is 13.7. The van der Waals surface area contributed by atoms with E-state index in [0.717, 1.165) is 50.9 Å². The van der Waals surface area contributed by atoms with Crippen LogP contribution in [0.25, 0.3) is 0 Å². The summed E-state index contributed by atoms with van der Waals surface area (Å²) >= 11 is 0. The van der Waals surface area contributed by atoms with E-state index in [9.17, 15) is 8.78 Å². The molecular formula is C19H25F2N5O. The maximum Gasteiger partial charge on any atom is 0.194 e. The van der Waals surface area contributed by atoms with E-state index < -0.39 is 11.6 Å². The summed E-state index contributed by atoms with van der Waals surface area (Å²) in [4.78, 5) is 9.06. The van der Waals surface area contributed by atoms with Crippen molar-refractivity contribution in [3.05, 3.63) is 53.4 Å². The molecule has 1 aliphatic heterocycles. The molecule has 3 rings (SSSR count). The molecule has 0 spiro atoms. The second-order valence-corrected chi connectivity index (χ2v) is 6.44. The van der Waals surface area contributed by atoms with Crippen molar-refractivity contribution in [1.82, 2.24) is 20.3 Å². The van der Waals surface area contributed by atoms with Gasteiger partial charge in [-0.3, -0.25) is 9.89 Å². The first kappa shape index (κ1) is 19.3. The van der Waals surface area contributed by atoms with Crippen LogP contribution in [-0.2, 0) is 13.0 Å². The number of aliphatic imine (C=N–C) groups is 1. The Morgan fingerprint density at radius 1 is 1.19 bits per heavy atom. The molecule has 1 fully saturated rings. The van der Waals surface area contributed by atoms with Crippen molar-refractivity contribution in [3.8, 4) is 0 Å². The zero-order valence-electron chi connectivity index (χ0n) is 15.5. The molecule has 146 valence electrons. The van der Waals surface area contributed by atoms with Crippen LogP contribution in [0.15, 0.2) is 40.0 Å². The third-order valence-corrected chi connectivity index (χ3v) is 4.57. The molecule has 6 nitrogen and oxygen atoms in total. The average Bonchev–Trinajstić information content (AvgIpc) is 3.17. The zero-order chi connectivity index (χ0) is 19.1. The molecule has 1 saturated heterocycles. The largest absolute Gasteiger partial charge is 0.364 e. The van der Waals surface area contributed by atoms with Crippen LogP contribution in [0.3, 0.4) is 0 Å². The number of aromatic nitrogens is 1. The molecule has 1 aromatic carbocycles. The third-order valence-electron chi connectivity index (χ3n) is 4.57. The molecule has 0 amide bonds. The number of benzene rings is 1. The summed E-state index contributed by atoms with van der Waals surface area (Å²) in [6, 6.07) is 5.81. The predicted molar refractivity (Wildman–Crippen MR) is 99.4 cm³/mol. The van der Waals surface area contributed by atoms with Crippen molar-refractivity contribution in [2.45, 2.75) is 19.9 Å². The van der Waals surface area contributed by atoms with E-state index in [4.69, 9.17) is 4.52 Å². The number of piperazine rings is 1. The Morgan fingerprint density at radius 3 is 2.56 bits per heavy atom. The van der Waals surface area contributed by atoms with E-state index in [-0.39, 0.29) is 12.0 Å². The first-order chi connectivity index (χ1) is 13.2. The minimum atomic E-state index is -0.517. The van der Waals surface area contributed by atoms with Crippen LogP contribution in [0.1, 0.15) is 18.2 Å². The lowest BCUT2D eigenvalue weighted by Crippen LogP contribution is -2.52. The van der Waals surface area contributed by atoms with Gasteiger partial charge in [-0.25, -0.2) is 8.78 Å². The van der Waals surface area contributed by atoms with Crippen molar-refractivity contribution >= 4 is 5.96 Å². The Morgan fingerprint density at radius 2 is 1.93 bits per heavy atom. The maximum atomic E-state index is 13.7. The number of hydrogen-bond acceptors (Lipinski definition) is 4. The van der Waals surface area contributed by atoms with Crippen LogP contribution in [0.5, 0.6) is 0 Å². The van der Waals surface area contributed by atoms with E-state index in [0.29, 0.717) is 6.54 Å². The minimum Gasteiger partial charge on any atom is -0.364 e. The van der Waals surface area contributed by atoms with Gasteiger partial charge in [0.05, 0.1) is 5.69 Å². The first-order valence-corrected chi connectivity index (χ1v) is 9.25. The van der Waals surface area contributed by atoms with Gasteiger partial charge in [0, 0.05) is 57.4 Å². The summed E-state index contributed by atoms with van der Waals surface area (Å²) < 4.78 is 32.4. The molecule has 8 heteroatoms. The Balaban J connectivity index is 1.54. The van der Waals surface area contributed by atoms with Gasteiger partial charge in [-0.15, -0.1) is 0 Å². The van der Waals surface area contributed by atoms with Crippen LogP contribution in [0, 0.1) is 11.6 Å². The van der Waals surface area contributed by atoms with E-state index >= 15 is 0 Å². The molecule has 1 N–H and O–H groups in total. The van der Waals surface area contributed by atoms with E-state index in [1.165, 1.54) is 18.2 Å². The topological polar surface area (TPSA) is 56.9 Å². The lowest BCUT2D eigenvalue weighted by atomic mass is 10.1. The normalized spacial score (nSPS) is 16.0. The number of halogens is 2. The van der Waals surface area contributed by atoms with E-state index in [1.54, 1.807) is 6.26 Å². The summed E-state index contributed by atoms with van der Waals surface area (Å²) in [5.74, 6) is -0.247. The highest BCUT2D eigenvalue weighted by Crippen LogP contribution is 2.13. The third kappa shape index (κ3) is 5.26. The Labute approximate surface area is 157 Å². The van der Waals surface area contributed by atoms with Crippen LogP contribution < -0.4 is 5.32 Å². The van der Waals surface area contributed by atoms with Gasteiger partial charge in [-0.1, -0.05) is 11.2 Å². The molecule has 0 atom stereocenters. The van der Waals surface area contributed by atoms with E-state index in [1.807, 2.05) is 13.0 Å². The Hall–Kier alpha value is -2.48. The summed E-state index contributed by atoms with van der Waals surface area (Å²) in [6.07, 6.45) is 1.82. The zero-order valence-corrected chi connectivity index (χ0v) is 15.5. The molecule has 1 aromatic heterocycles. The number of guanidine groups is 1. The number of nitrogens with one attached hydrogen (secondary N) is 1. The van der Waals surface area contributed by atoms with Gasteiger partial charge in [-0.2, -0.15) is 0 Å². The van der Waals surface area contributed by atoms with Gasteiger partial charge in [0.25, 0.3) is 0 Å².